The van der Waals surface area contributed by atoms with Crippen molar-refractivity contribution in [2.24, 2.45) is 0 Å². The first-order valence-electron chi connectivity index (χ1n) is 40.2. The molecule has 40 heteroatoms. The maximum Gasteiger partial charge on any atom is 2.00 e. The second-order valence-corrected chi connectivity index (χ2v) is 29.8. The predicted octanol–water partition coefficient (Wildman–Crippen LogP) is 10.7. The van der Waals surface area contributed by atoms with Crippen LogP contribution in [-0.4, -0.2) is 215 Å². The number of carboxylic acids is 6. The molecule has 0 bridgehead atoms. The van der Waals surface area contributed by atoms with Gasteiger partial charge in [-0.25, -0.2) is 24.0 Å². The second kappa shape index (κ2) is 44.4. The Morgan fingerprint density at radius 1 is 0.350 bits per heavy atom. The molecule has 15 N–H and O–H groups in total. The Morgan fingerprint density at radius 2 is 0.708 bits per heavy atom. The fraction of sp³-hybridized carbons (Fsp3) is 0.196. The van der Waals surface area contributed by atoms with Gasteiger partial charge in [-0.2, -0.15) is 0 Å². The normalized spacial score (nSPS) is 17.0. The number of aliphatic carboxylic acids is 6. The molecule has 10 unspecified atom stereocenters. The average molecular weight is 1900 g/mol. The van der Waals surface area contributed by atoms with Crippen molar-refractivity contribution in [3.05, 3.63) is 265 Å². The summed E-state index contributed by atoms with van der Waals surface area (Å²) >= 11 is 0. The molecule has 10 atom stereocenters. The van der Waals surface area contributed by atoms with Crippen LogP contribution in [0.5, 0.6) is 109 Å². The zero-order chi connectivity index (χ0) is 99.1. The minimum absolute atomic E-state index is 0. The predicted molar refractivity (Wildman–Crippen MR) is 475 cm³/mol. The number of methoxy groups -OCH3 is 7. The smallest absolute Gasteiger partial charge is 0.546 e. The number of aromatic hydroxyl groups is 10. The zero-order valence-corrected chi connectivity index (χ0v) is 74.7. The van der Waals surface area contributed by atoms with Crippen LogP contribution in [0.15, 0.2) is 182 Å². The summed E-state index contributed by atoms with van der Waals surface area (Å²) in [5, 5.41) is 158. The minimum Gasteiger partial charge on any atom is -0.546 e. The summed E-state index contributed by atoms with van der Waals surface area (Å²) in [7, 11) is 10.2. The third-order valence-corrected chi connectivity index (χ3v) is 21.6. The van der Waals surface area contributed by atoms with Crippen molar-refractivity contribution in [1.29, 1.82) is 0 Å². The molecule has 137 heavy (non-hydrogen) atoms. The number of esters is 4. The Bertz CT molecular complexity index is 6470. The Labute approximate surface area is 792 Å². The zero-order valence-electron chi connectivity index (χ0n) is 73.3. The van der Waals surface area contributed by atoms with Crippen LogP contribution in [0.3, 0.4) is 0 Å². The molecule has 4 aliphatic heterocycles. The van der Waals surface area contributed by atoms with Crippen molar-refractivity contribution in [2.45, 2.75) is 73.6 Å². The van der Waals surface area contributed by atoms with Gasteiger partial charge in [0, 0.05) is 58.5 Å². The molecule has 4 heterocycles. The van der Waals surface area contributed by atoms with E-state index in [4.69, 9.17) is 67.1 Å². The molecule has 0 saturated heterocycles. The number of phenols is 10. The maximum atomic E-state index is 13.9. The molecule has 708 valence electrons. The Kier molecular flexibility index (Phi) is 33.0. The quantitative estimate of drug-likeness (QED) is 0.00712. The number of ether oxygens (including phenoxy) is 13. The van der Waals surface area contributed by atoms with E-state index in [2.05, 4.69) is 4.74 Å². The fourth-order valence-corrected chi connectivity index (χ4v) is 15.2. The van der Waals surface area contributed by atoms with Gasteiger partial charge in [0.15, 0.2) is 110 Å². The number of rotatable bonds is 28. The van der Waals surface area contributed by atoms with E-state index in [0.29, 0.717) is 62.3 Å². The van der Waals surface area contributed by atoms with E-state index in [1.54, 1.807) is 55.7 Å². The van der Waals surface area contributed by atoms with E-state index < -0.39 is 172 Å². The van der Waals surface area contributed by atoms with Crippen molar-refractivity contribution >= 4 is 107 Å². The van der Waals surface area contributed by atoms with Crippen LogP contribution in [0.1, 0.15) is 138 Å². The van der Waals surface area contributed by atoms with Gasteiger partial charge >= 0.3 is 76.8 Å². The first kappa shape index (κ1) is 102. The largest absolute Gasteiger partial charge is 2.00 e. The number of carboxylic acid groups (broad SMARTS) is 6. The van der Waals surface area contributed by atoms with Crippen LogP contribution in [0.4, 0.5) is 0 Å². The summed E-state index contributed by atoms with van der Waals surface area (Å²) in [4.78, 5) is 121. The van der Waals surface area contributed by atoms with E-state index in [-0.39, 0.29) is 96.3 Å². The van der Waals surface area contributed by atoms with Crippen LogP contribution in [-0.2, 0) is 73.3 Å². The van der Waals surface area contributed by atoms with Crippen LogP contribution < -0.4 is 47.7 Å². The molecule has 10 aromatic rings. The maximum absolute atomic E-state index is 13.9. The first-order chi connectivity index (χ1) is 64.8. The summed E-state index contributed by atoms with van der Waals surface area (Å²) in [6.07, 6.45) is 0.829. The van der Waals surface area contributed by atoms with Gasteiger partial charge in [-0.1, -0.05) is 66.7 Å². The Balaban J connectivity index is 0.000000196. The minimum atomic E-state index is -2.14. The van der Waals surface area contributed by atoms with Gasteiger partial charge < -0.3 is 148 Å². The second-order valence-electron chi connectivity index (χ2n) is 29.8. The third-order valence-electron chi connectivity index (χ3n) is 21.6. The number of carbonyl (C=O) groups is 10. The summed E-state index contributed by atoms with van der Waals surface area (Å²) in [5.41, 5.74) is 4.82. The van der Waals surface area contributed by atoms with Gasteiger partial charge in [-0.05, 0) is 178 Å². The van der Waals surface area contributed by atoms with Crippen molar-refractivity contribution < 1.29 is 191 Å². The summed E-state index contributed by atoms with van der Waals surface area (Å²) < 4.78 is 70.7. The van der Waals surface area contributed by atoms with E-state index in [1.165, 1.54) is 109 Å². The van der Waals surface area contributed by atoms with Crippen molar-refractivity contribution in [1.82, 2.24) is 0 Å². The first-order valence-corrected chi connectivity index (χ1v) is 40.2. The molecule has 0 aromatic heterocycles. The van der Waals surface area contributed by atoms with Crippen LogP contribution in [0.25, 0.3) is 24.3 Å². The molecular formula is C97H85MgO39+. The standard InChI is InChI=1S/C35H28O16.C23H24O7.C21H20O8.C18H14O8.Mg/c36-19-6-1-15(11-23(19)40)12-26(33(44)45)49-27(43)10-5-16-2-9-22(39)32-28(16)29(30(50-32)17-3-7-20(37)24(41)13-17)35(48)51-31(34(46)47)18-4-8-21(38)25(42)14-18;1-13-6-7-15(12-17(13)27-3)21-20(23(25)29-5)19-14(9-11-18(24)28-4)8-10-16(26-2)22(19)30-21;1-26-13-7-5-12(10-15(13)28-3)19-18(21(24)25)17-11(6-9-16(22)23)4-8-14(27-2)20(17)29-19;19-10-4-2-9(7-12(10)21)16-15(18(24)25)14-8(3-6-13(22)23)1-5-11(20)17(14)26-16;/h1-11,13-14,26,29-31,36-42H,12H2,(H,44,45)(H,46,47);6-12,20-21H,1-5H3;4-10,18-19H,1-3H3,(H,22,23)(H,24,25);1-7,15-16,19-21H,(H,22,23)(H,24,25);/q;;;;+2/p-1/b10-5+;11-9+;9-6+;6-3+;. The Hall–Kier alpha value is -17.2. The molecular weight excluding hydrogens is 1810 g/mol. The molecule has 10 aromatic carbocycles. The van der Waals surface area contributed by atoms with E-state index >= 15 is 0 Å². The van der Waals surface area contributed by atoms with Gasteiger partial charge in [-0.15, -0.1) is 0 Å². The van der Waals surface area contributed by atoms with Crippen LogP contribution in [0.2, 0.25) is 0 Å². The van der Waals surface area contributed by atoms with Gasteiger partial charge in [-0.3, -0.25) is 19.2 Å². The van der Waals surface area contributed by atoms with Crippen molar-refractivity contribution in [2.75, 3.05) is 49.8 Å². The summed E-state index contributed by atoms with van der Waals surface area (Å²) in [6.45, 7) is 1.93. The molecule has 0 fully saturated rings. The molecule has 14 rings (SSSR count). The molecule has 39 nitrogen and oxygen atoms in total. The molecule has 0 spiro atoms. The number of carbonyl (C=O) groups excluding carboxylic acids is 5. The van der Waals surface area contributed by atoms with Crippen molar-refractivity contribution in [3.8, 4) is 109 Å². The fourth-order valence-electron chi connectivity index (χ4n) is 15.2. The van der Waals surface area contributed by atoms with Gasteiger partial charge in [0.1, 0.15) is 53.8 Å². The number of phenolic OH excluding ortho intramolecular Hbond substituents is 10. The SMILES string of the molecule is COC(=O)/C=C/c1ccc(OC)c2c1C(C(=O)OC)C(c1ccc(C)c(OC)c1)O2.COc1ccc(C2Oc3c(OC)ccc(/C=C/C(=O)O)c3C2C(=O)O)cc1OC.O=C(/C=C/c1ccc(O)c2c1C(C(=O)OC(C(=O)[O-])c1ccc(O)c(O)c1)C(c1ccc(O)c(O)c1)O2)OC(Cc1ccc(O)c(O)c1)C(=O)O.O=C(O)/C=C/c1ccc(O)c2c1C(C(=O)O)C(c1ccc(O)c(O)c1)O2.[Mg+2]. The topological polar surface area (TPSA) is 617 Å². The van der Waals surface area contributed by atoms with Gasteiger partial charge in [0.05, 0.1) is 55.7 Å². The summed E-state index contributed by atoms with van der Waals surface area (Å²) in [6, 6.07) is 35.9. The molecule has 0 saturated carbocycles. The number of fused-ring (bicyclic) bond motifs is 4. The van der Waals surface area contributed by atoms with E-state index in [1.807, 2.05) is 25.1 Å². The molecule has 0 aliphatic carbocycles. The molecule has 4 aliphatic rings. The van der Waals surface area contributed by atoms with Crippen LogP contribution in [0, 0.1) is 6.92 Å². The number of hydrogen-bond donors (Lipinski definition) is 15. The van der Waals surface area contributed by atoms with Gasteiger partial charge in [0.2, 0.25) is 6.10 Å². The number of hydrogen-bond acceptors (Lipinski definition) is 34. The van der Waals surface area contributed by atoms with Crippen LogP contribution >= 0.6 is 0 Å². The third kappa shape index (κ3) is 22.8. The summed E-state index contributed by atoms with van der Waals surface area (Å²) in [5.74, 6) is -18.6. The Morgan fingerprint density at radius 3 is 1.13 bits per heavy atom. The average Bonchev–Trinajstić information content (AvgIpc) is 1.61. The number of benzene rings is 10. The number of aryl methyl sites for hydroxylation is 1. The van der Waals surface area contributed by atoms with E-state index in [0.717, 1.165) is 84.0 Å². The monoisotopic (exact) mass is 1900 g/mol. The molecule has 0 amide bonds. The van der Waals surface area contributed by atoms with Crippen molar-refractivity contribution in [3.63, 3.8) is 0 Å². The molecule has 0 radical (unpaired) electrons. The van der Waals surface area contributed by atoms with E-state index in [9.17, 15) is 119 Å². The van der Waals surface area contributed by atoms with Gasteiger partial charge in [0.25, 0.3) is 0 Å².